The molecule has 0 spiro atoms. The molecular formula is C16H17NO7. The Kier molecular flexibility index (Phi) is 7.15. The standard InChI is InChI=1S/C16H17NO7/c1-10(18)9-24-15(20)11-6-4-5-7-12(11)17-13(16(21)23-3)8-14(19)22-2/h4-8,17H,9H2,1-3H3/b13-8+. The first kappa shape index (κ1) is 18.9. The number of anilines is 1. The number of carbonyl (C=O) groups is 4. The summed E-state index contributed by atoms with van der Waals surface area (Å²) in [6, 6.07) is 6.13. The van der Waals surface area contributed by atoms with Gasteiger partial charge in [0.05, 0.1) is 31.5 Å². The number of methoxy groups -OCH3 is 2. The van der Waals surface area contributed by atoms with Crippen LogP contribution in [0.15, 0.2) is 36.0 Å². The third kappa shape index (κ3) is 5.56. The molecule has 0 aliphatic rings. The second kappa shape index (κ2) is 9.09. The van der Waals surface area contributed by atoms with E-state index in [1.54, 1.807) is 12.1 Å². The minimum absolute atomic E-state index is 0.0819. The first-order valence-electron chi connectivity index (χ1n) is 6.79. The van der Waals surface area contributed by atoms with E-state index in [1.165, 1.54) is 19.1 Å². The van der Waals surface area contributed by atoms with Gasteiger partial charge in [0.25, 0.3) is 0 Å². The third-order valence-electron chi connectivity index (χ3n) is 2.69. The van der Waals surface area contributed by atoms with Crippen LogP contribution in [0.2, 0.25) is 0 Å². The van der Waals surface area contributed by atoms with Crippen molar-refractivity contribution in [2.24, 2.45) is 0 Å². The maximum absolute atomic E-state index is 12.0. The molecule has 0 saturated heterocycles. The molecule has 0 aliphatic carbocycles. The summed E-state index contributed by atoms with van der Waals surface area (Å²) < 4.78 is 13.9. The van der Waals surface area contributed by atoms with Crippen LogP contribution in [-0.4, -0.2) is 44.5 Å². The van der Waals surface area contributed by atoms with Gasteiger partial charge >= 0.3 is 17.9 Å². The van der Waals surface area contributed by atoms with Crippen LogP contribution in [0.3, 0.4) is 0 Å². The molecule has 0 amide bonds. The normalized spacial score (nSPS) is 10.5. The molecule has 0 aromatic heterocycles. The zero-order valence-corrected chi connectivity index (χ0v) is 13.5. The summed E-state index contributed by atoms with van der Waals surface area (Å²) in [5, 5.41) is 2.63. The number of ketones is 1. The highest BCUT2D eigenvalue weighted by atomic mass is 16.5. The van der Waals surface area contributed by atoms with Gasteiger partial charge in [0, 0.05) is 0 Å². The Bertz CT molecular complexity index is 679. The zero-order chi connectivity index (χ0) is 18.1. The molecule has 0 saturated carbocycles. The quantitative estimate of drug-likeness (QED) is 0.448. The number of esters is 3. The van der Waals surface area contributed by atoms with Gasteiger partial charge in [-0.2, -0.15) is 0 Å². The second-order valence-electron chi connectivity index (χ2n) is 4.52. The van der Waals surface area contributed by atoms with Gasteiger partial charge in [-0.1, -0.05) is 12.1 Å². The van der Waals surface area contributed by atoms with Crippen molar-refractivity contribution in [1.82, 2.24) is 0 Å². The third-order valence-corrected chi connectivity index (χ3v) is 2.69. The Morgan fingerprint density at radius 1 is 1.08 bits per heavy atom. The molecule has 0 bridgehead atoms. The van der Waals surface area contributed by atoms with Crippen molar-refractivity contribution >= 4 is 29.4 Å². The number of hydrogen-bond donors (Lipinski definition) is 1. The van der Waals surface area contributed by atoms with Gasteiger partial charge in [-0.3, -0.25) is 4.79 Å². The van der Waals surface area contributed by atoms with E-state index in [4.69, 9.17) is 4.74 Å². The lowest BCUT2D eigenvalue weighted by Crippen LogP contribution is -2.18. The summed E-state index contributed by atoms with van der Waals surface area (Å²) in [6.45, 7) is 0.918. The fourth-order valence-electron chi connectivity index (χ4n) is 1.59. The molecule has 0 fully saturated rings. The fourth-order valence-corrected chi connectivity index (χ4v) is 1.59. The maximum atomic E-state index is 12.0. The highest BCUT2D eigenvalue weighted by molar-refractivity contribution is 6.02. The van der Waals surface area contributed by atoms with Crippen molar-refractivity contribution in [3.8, 4) is 0 Å². The molecule has 8 heteroatoms. The average Bonchev–Trinajstić information content (AvgIpc) is 2.58. The van der Waals surface area contributed by atoms with Gasteiger partial charge in [-0.25, -0.2) is 14.4 Å². The largest absolute Gasteiger partial charge is 0.466 e. The number of Topliss-reactive ketones (excluding diaryl/α,β-unsaturated/α-hetero) is 1. The van der Waals surface area contributed by atoms with Crippen LogP contribution in [0.1, 0.15) is 17.3 Å². The zero-order valence-electron chi connectivity index (χ0n) is 13.5. The Morgan fingerprint density at radius 2 is 1.75 bits per heavy atom. The average molecular weight is 335 g/mol. The SMILES string of the molecule is COC(=O)/C=C(/Nc1ccccc1C(=O)OCC(C)=O)C(=O)OC. The molecule has 0 radical (unpaired) electrons. The van der Waals surface area contributed by atoms with E-state index in [1.807, 2.05) is 0 Å². The van der Waals surface area contributed by atoms with Crippen molar-refractivity contribution in [2.45, 2.75) is 6.92 Å². The predicted octanol–water partition coefficient (Wildman–Crippen LogP) is 1.07. The molecule has 8 nitrogen and oxygen atoms in total. The van der Waals surface area contributed by atoms with E-state index in [0.29, 0.717) is 0 Å². The fraction of sp³-hybridized carbons (Fsp3) is 0.250. The highest BCUT2D eigenvalue weighted by Crippen LogP contribution is 2.19. The van der Waals surface area contributed by atoms with E-state index in [-0.39, 0.29) is 29.3 Å². The number of rotatable bonds is 7. The number of benzene rings is 1. The lowest BCUT2D eigenvalue weighted by atomic mass is 10.1. The molecule has 24 heavy (non-hydrogen) atoms. The second-order valence-corrected chi connectivity index (χ2v) is 4.52. The lowest BCUT2D eigenvalue weighted by molar-refractivity contribution is -0.138. The van der Waals surface area contributed by atoms with E-state index in [0.717, 1.165) is 20.3 Å². The summed E-state index contributed by atoms with van der Waals surface area (Å²) in [5.74, 6) is -2.67. The minimum atomic E-state index is -0.827. The van der Waals surface area contributed by atoms with E-state index in [2.05, 4.69) is 14.8 Å². The molecule has 0 unspecified atom stereocenters. The minimum Gasteiger partial charge on any atom is -0.466 e. The van der Waals surface area contributed by atoms with Crippen LogP contribution >= 0.6 is 0 Å². The predicted molar refractivity (Wildman–Crippen MR) is 83.1 cm³/mol. The molecule has 1 rings (SSSR count). The van der Waals surface area contributed by atoms with Crippen LogP contribution in [0.25, 0.3) is 0 Å². The molecule has 0 aliphatic heterocycles. The van der Waals surface area contributed by atoms with Crippen LogP contribution in [-0.2, 0) is 28.6 Å². The molecule has 1 aromatic rings. The summed E-state index contributed by atoms with van der Waals surface area (Å²) in [6.07, 6.45) is 0.892. The van der Waals surface area contributed by atoms with Crippen molar-refractivity contribution in [3.63, 3.8) is 0 Å². The van der Waals surface area contributed by atoms with Crippen LogP contribution < -0.4 is 5.32 Å². The van der Waals surface area contributed by atoms with Gasteiger partial charge in [0.1, 0.15) is 12.3 Å². The van der Waals surface area contributed by atoms with Crippen LogP contribution in [0, 0.1) is 0 Å². The molecule has 0 atom stereocenters. The summed E-state index contributed by atoms with van der Waals surface area (Å²) in [4.78, 5) is 46.0. The van der Waals surface area contributed by atoms with Crippen molar-refractivity contribution in [2.75, 3.05) is 26.1 Å². The summed E-state index contributed by atoms with van der Waals surface area (Å²) in [7, 11) is 2.29. The summed E-state index contributed by atoms with van der Waals surface area (Å²) >= 11 is 0. The number of nitrogens with one attached hydrogen (secondary N) is 1. The first-order valence-corrected chi connectivity index (χ1v) is 6.79. The Balaban J connectivity index is 3.10. The number of para-hydroxylation sites is 1. The Hall–Kier alpha value is -3.16. The van der Waals surface area contributed by atoms with Gasteiger partial charge in [0.2, 0.25) is 0 Å². The smallest absolute Gasteiger partial charge is 0.354 e. The molecule has 1 aromatic carbocycles. The van der Waals surface area contributed by atoms with Gasteiger partial charge < -0.3 is 19.5 Å². The van der Waals surface area contributed by atoms with Crippen molar-refractivity contribution in [1.29, 1.82) is 0 Å². The van der Waals surface area contributed by atoms with Crippen LogP contribution in [0.5, 0.6) is 0 Å². The number of ether oxygens (including phenoxy) is 3. The van der Waals surface area contributed by atoms with E-state index < -0.39 is 17.9 Å². The number of hydrogen-bond acceptors (Lipinski definition) is 8. The first-order chi connectivity index (χ1) is 11.4. The Labute approximate surface area is 138 Å². The molecule has 1 N–H and O–H groups in total. The molecular weight excluding hydrogens is 318 g/mol. The monoisotopic (exact) mass is 335 g/mol. The van der Waals surface area contributed by atoms with Gasteiger partial charge in [0.15, 0.2) is 5.78 Å². The van der Waals surface area contributed by atoms with Crippen molar-refractivity contribution in [3.05, 3.63) is 41.6 Å². The molecule has 128 valence electrons. The van der Waals surface area contributed by atoms with Crippen molar-refractivity contribution < 1.29 is 33.4 Å². The number of carbonyl (C=O) groups excluding carboxylic acids is 4. The van der Waals surface area contributed by atoms with E-state index >= 15 is 0 Å². The topological polar surface area (TPSA) is 108 Å². The van der Waals surface area contributed by atoms with Gasteiger partial charge in [-0.05, 0) is 19.1 Å². The Morgan fingerprint density at radius 3 is 2.33 bits per heavy atom. The van der Waals surface area contributed by atoms with Crippen LogP contribution in [0.4, 0.5) is 5.69 Å². The molecule has 0 heterocycles. The highest BCUT2D eigenvalue weighted by Gasteiger charge is 2.18. The van der Waals surface area contributed by atoms with Gasteiger partial charge in [-0.15, -0.1) is 0 Å². The van der Waals surface area contributed by atoms with E-state index in [9.17, 15) is 19.2 Å². The summed E-state index contributed by atoms with van der Waals surface area (Å²) in [5.41, 5.74) is 0.0567. The lowest BCUT2D eigenvalue weighted by Gasteiger charge is -2.12. The maximum Gasteiger partial charge on any atom is 0.354 e.